The van der Waals surface area contributed by atoms with Crippen molar-refractivity contribution in [2.45, 2.75) is 38.6 Å². The van der Waals surface area contributed by atoms with Crippen molar-refractivity contribution < 1.29 is 4.55 Å². The van der Waals surface area contributed by atoms with Crippen molar-refractivity contribution in [3.63, 3.8) is 0 Å². The predicted octanol–water partition coefficient (Wildman–Crippen LogP) is 1.21. The first kappa shape index (κ1) is 13.6. The number of fused-ring (bicyclic) bond motifs is 1. The summed E-state index contributed by atoms with van der Waals surface area (Å²) in [5, 5.41) is 4.45. The first-order chi connectivity index (χ1) is 8.36. The number of hydrogen-bond acceptors (Lipinski definition) is 4. The molecule has 0 aromatic carbocycles. The highest BCUT2D eigenvalue weighted by molar-refractivity contribution is 7.91. The molecule has 2 heterocycles. The summed E-state index contributed by atoms with van der Waals surface area (Å²) in [5.41, 5.74) is 1.98. The summed E-state index contributed by atoms with van der Waals surface area (Å²) < 4.78 is 17.6. The summed E-state index contributed by atoms with van der Waals surface area (Å²) in [4.78, 5) is 2.26. The average Bonchev–Trinajstić information content (AvgIpc) is 2.66. The van der Waals surface area contributed by atoms with Crippen LogP contribution >= 0.6 is 0 Å². The molecular formula is C12H20N4OS. The Kier molecular flexibility index (Phi) is 3.79. The second-order valence-electron chi connectivity index (χ2n) is 5.62. The van der Waals surface area contributed by atoms with Gasteiger partial charge in [0.05, 0.1) is 12.2 Å². The first-order valence-corrected chi connectivity index (χ1v) is 7.18. The van der Waals surface area contributed by atoms with Crippen molar-refractivity contribution in [3.8, 4) is 0 Å². The minimum atomic E-state index is -1.22. The zero-order valence-electron chi connectivity index (χ0n) is 11.4. The lowest BCUT2D eigenvalue weighted by atomic mass is 10.3. The molecule has 0 fully saturated rings. The predicted molar refractivity (Wildman–Crippen MR) is 74.1 cm³/mol. The van der Waals surface area contributed by atoms with Crippen LogP contribution in [-0.4, -0.2) is 43.8 Å². The maximum absolute atomic E-state index is 11.8. The topological polar surface area (TPSA) is 56.5 Å². The molecule has 0 amide bonds. The van der Waals surface area contributed by atoms with E-state index in [1.54, 1.807) is 6.21 Å². The third-order valence-corrected chi connectivity index (χ3v) is 4.16. The van der Waals surface area contributed by atoms with Gasteiger partial charge in [-0.15, -0.1) is 0 Å². The standard InChI is InChI=1S/C12H20N4OS/c1-12(2,3)18(17)13-8-10-7-11-9-15(4)5-6-16(11)14-10/h7-8H,5-6,9H2,1-4H3/b13-8+. The number of aromatic nitrogens is 2. The van der Waals surface area contributed by atoms with Crippen LogP contribution in [0.4, 0.5) is 0 Å². The fraction of sp³-hybridized carbons (Fsp3) is 0.667. The normalized spacial score (nSPS) is 19.2. The molecule has 5 nitrogen and oxygen atoms in total. The molecular weight excluding hydrogens is 248 g/mol. The summed E-state index contributed by atoms with van der Waals surface area (Å²) in [6.07, 6.45) is 1.62. The molecule has 0 aliphatic carbocycles. The summed E-state index contributed by atoms with van der Waals surface area (Å²) in [5.74, 6) is 0. The van der Waals surface area contributed by atoms with Crippen LogP contribution in [0.25, 0.3) is 0 Å². The van der Waals surface area contributed by atoms with Crippen LogP contribution in [0, 0.1) is 0 Å². The van der Waals surface area contributed by atoms with Crippen LogP contribution in [0.2, 0.25) is 0 Å². The summed E-state index contributed by atoms with van der Waals surface area (Å²) in [6.45, 7) is 8.55. The Morgan fingerprint density at radius 1 is 1.44 bits per heavy atom. The molecule has 1 aromatic heterocycles. The van der Waals surface area contributed by atoms with Gasteiger partial charge in [0.1, 0.15) is 28.0 Å². The molecule has 0 radical (unpaired) electrons. The van der Waals surface area contributed by atoms with E-state index in [1.807, 2.05) is 31.5 Å². The highest BCUT2D eigenvalue weighted by Crippen LogP contribution is 2.17. The Morgan fingerprint density at radius 2 is 2.17 bits per heavy atom. The van der Waals surface area contributed by atoms with Gasteiger partial charge in [0, 0.05) is 13.1 Å². The van der Waals surface area contributed by atoms with Crippen LogP contribution in [-0.2, 0) is 24.5 Å². The van der Waals surface area contributed by atoms with Gasteiger partial charge in [0.2, 0.25) is 0 Å². The third-order valence-electron chi connectivity index (χ3n) is 2.81. The van der Waals surface area contributed by atoms with Gasteiger partial charge in [-0.25, -0.2) is 0 Å². The third kappa shape index (κ3) is 3.13. The first-order valence-electron chi connectivity index (χ1n) is 6.07. The maximum Gasteiger partial charge on any atom is 0.144 e. The zero-order valence-corrected chi connectivity index (χ0v) is 12.2. The van der Waals surface area contributed by atoms with E-state index in [1.165, 1.54) is 5.69 Å². The Labute approximate surface area is 111 Å². The molecule has 1 atom stereocenters. The lowest BCUT2D eigenvalue weighted by molar-refractivity contribution is 0.259. The number of likely N-dealkylation sites (N-methyl/N-ethyl adjacent to an activating group) is 1. The van der Waals surface area contributed by atoms with E-state index >= 15 is 0 Å². The quantitative estimate of drug-likeness (QED) is 0.598. The van der Waals surface area contributed by atoms with Gasteiger partial charge in [-0.3, -0.25) is 9.58 Å². The van der Waals surface area contributed by atoms with Crippen molar-refractivity contribution >= 4 is 17.6 Å². The van der Waals surface area contributed by atoms with Crippen LogP contribution in [0.3, 0.4) is 0 Å². The molecule has 2 rings (SSSR count). The SMILES string of the molecule is CN1CCn2nc(/C=N/[S+]([O-])C(C)(C)C)cc2C1. The van der Waals surface area contributed by atoms with E-state index in [9.17, 15) is 4.55 Å². The Bertz CT molecular complexity index is 449. The smallest absolute Gasteiger partial charge is 0.144 e. The van der Waals surface area contributed by atoms with Crippen molar-refractivity contribution in [1.29, 1.82) is 0 Å². The van der Waals surface area contributed by atoms with E-state index in [0.29, 0.717) is 0 Å². The van der Waals surface area contributed by atoms with Gasteiger partial charge >= 0.3 is 0 Å². The summed E-state index contributed by atoms with van der Waals surface area (Å²) in [6, 6.07) is 2.01. The molecule has 0 saturated heterocycles. The van der Waals surface area contributed by atoms with Crippen LogP contribution in [0.15, 0.2) is 10.5 Å². The molecule has 100 valence electrons. The van der Waals surface area contributed by atoms with Crippen LogP contribution in [0.1, 0.15) is 32.2 Å². The fourth-order valence-electron chi connectivity index (χ4n) is 1.74. The average molecular weight is 268 g/mol. The fourth-order valence-corrected chi connectivity index (χ4v) is 2.26. The highest BCUT2D eigenvalue weighted by atomic mass is 32.2. The molecule has 1 aliphatic heterocycles. The van der Waals surface area contributed by atoms with Gasteiger partial charge in [-0.2, -0.15) is 5.10 Å². The molecule has 0 N–H and O–H groups in total. The molecule has 0 spiro atoms. The van der Waals surface area contributed by atoms with Crippen LogP contribution in [0.5, 0.6) is 0 Å². The van der Waals surface area contributed by atoms with E-state index in [0.717, 1.165) is 25.3 Å². The van der Waals surface area contributed by atoms with Gasteiger partial charge in [0.15, 0.2) is 0 Å². The van der Waals surface area contributed by atoms with Gasteiger partial charge in [0.25, 0.3) is 0 Å². The molecule has 0 bridgehead atoms. The van der Waals surface area contributed by atoms with Crippen LogP contribution < -0.4 is 0 Å². The van der Waals surface area contributed by atoms with Gasteiger partial charge in [-0.1, -0.05) is 4.40 Å². The van der Waals surface area contributed by atoms with E-state index in [4.69, 9.17) is 0 Å². The molecule has 0 saturated carbocycles. The number of rotatable bonds is 2. The van der Waals surface area contributed by atoms with Crippen molar-refractivity contribution in [3.05, 3.63) is 17.5 Å². The van der Waals surface area contributed by atoms with E-state index in [2.05, 4.69) is 21.4 Å². The molecule has 18 heavy (non-hydrogen) atoms. The lowest BCUT2D eigenvalue weighted by Gasteiger charge is -2.22. The Hall–Kier alpha value is -0.850. The molecule has 6 heteroatoms. The molecule has 1 aromatic rings. The zero-order chi connectivity index (χ0) is 13.3. The lowest BCUT2D eigenvalue weighted by Crippen LogP contribution is -2.30. The van der Waals surface area contributed by atoms with E-state index < -0.39 is 11.4 Å². The largest absolute Gasteiger partial charge is 0.591 e. The van der Waals surface area contributed by atoms with Gasteiger partial charge in [-0.05, 0) is 33.9 Å². The number of hydrogen-bond donors (Lipinski definition) is 0. The second kappa shape index (κ2) is 5.03. The molecule has 1 unspecified atom stereocenters. The van der Waals surface area contributed by atoms with E-state index in [-0.39, 0.29) is 4.75 Å². The maximum atomic E-state index is 11.8. The molecule has 1 aliphatic rings. The number of nitrogens with zero attached hydrogens (tertiary/aromatic N) is 4. The van der Waals surface area contributed by atoms with Gasteiger partial charge < -0.3 is 4.55 Å². The minimum Gasteiger partial charge on any atom is -0.591 e. The minimum absolute atomic E-state index is 0.323. The van der Waals surface area contributed by atoms with Crippen molar-refractivity contribution in [2.24, 2.45) is 4.40 Å². The van der Waals surface area contributed by atoms with Crippen molar-refractivity contribution in [2.75, 3.05) is 13.6 Å². The monoisotopic (exact) mass is 268 g/mol. The summed E-state index contributed by atoms with van der Waals surface area (Å²) in [7, 11) is 2.10. The summed E-state index contributed by atoms with van der Waals surface area (Å²) >= 11 is -1.22. The van der Waals surface area contributed by atoms with Crippen molar-refractivity contribution in [1.82, 2.24) is 14.7 Å². The highest BCUT2D eigenvalue weighted by Gasteiger charge is 2.26. The Morgan fingerprint density at radius 3 is 2.83 bits per heavy atom. The Balaban J connectivity index is 2.09. The second-order valence-corrected chi connectivity index (χ2v) is 7.55.